The van der Waals surface area contributed by atoms with E-state index in [9.17, 15) is 4.79 Å². The molecule has 1 saturated heterocycles. The molecule has 1 aliphatic rings. The summed E-state index contributed by atoms with van der Waals surface area (Å²) in [7, 11) is 0. The third kappa shape index (κ3) is 4.30. The third-order valence-corrected chi connectivity index (χ3v) is 3.87. The van der Waals surface area contributed by atoms with Gasteiger partial charge in [0, 0.05) is 23.6 Å². The minimum atomic E-state index is -0.365. The van der Waals surface area contributed by atoms with Crippen LogP contribution in [0.1, 0.15) is 12.5 Å². The van der Waals surface area contributed by atoms with Gasteiger partial charge in [0.1, 0.15) is 6.10 Å². The van der Waals surface area contributed by atoms with Crippen molar-refractivity contribution in [1.82, 2.24) is 10.6 Å². The molecule has 0 spiro atoms. The standard InChI is InChI=1S/C14H19BrN2O2/c1-10(8-11-4-2-3-5-12(11)15)17-14(18)13-9-16-6-7-19-13/h2-5,10,13,16H,6-9H2,1H3,(H,17,18). The highest BCUT2D eigenvalue weighted by molar-refractivity contribution is 9.10. The highest BCUT2D eigenvalue weighted by atomic mass is 79.9. The summed E-state index contributed by atoms with van der Waals surface area (Å²) in [6.45, 7) is 4.01. The highest BCUT2D eigenvalue weighted by Gasteiger charge is 2.22. The molecule has 104 valence electrons. The van der Waals surface area contributed by atoms with Crippen LogP contribution in [0.2, 0.25) is 0 Å². The summed E-state index contributed by atoms with van der Waals surface area (Å²) in [5, 5.41) is 6.15. The summed E-state index contributed by atoms with van der Waals surface area (Å²) in [4.78, 5) is 12.0. The monoisotopic (exact) mass is 326 g/mol. The van der Waals surface area contributed by atoms with E-state index in [0.29, 0.717) is 13.2 Å². The molecule has 0 radical (unpaired) electrons. The maximum atomic E-state index is 12.0. The Labute approximate surface area is 122 Å². The Morgan fingerprint density at radius 3 is 3.05 bits per heavy atom. The van der Waals surface area contributed by atoms with Crippen LogP contribution in [-0.4, -0.2) is 37.7 Å². The van der Waals surface area contributed by atoms with Crippen LogP contribution in [0.15, 0.2) is 28.7 Å². The van der Waals surface area contributed by atoms with Crippen LogP contribution in [-0.2, 0) is 16.0 Å². The van der Waals surface area contributed by atoms with Crippen molar-refractivity contribution in [2.24, 2.45) is 0 Å². The highest BCUT2D eigenvalue weighted by Crippen LogP contribution is 2.17. The molecule has 2 unspecified atom stereocenters. The van der Waals surface area contributed by atoms with E-state index in [0.717, 1.165) is 17.4 Å². The Morgan fingerprint density at radius 1 is 1.58 bits per heavy atom. The molecule has 0 saturated carbocycles. The van der Waals surface area contributed by atoms with E-state index >= 15 is 0 Å². The number of benzene rings is 1. The van der Waals surface area contributed by atoms with Crippen molar-refractivity contribution >= 4 is 21.8 Å². The van der Waals surface area contributed by atoms with Crippen LogP contribution in [0.3, 0.4) is 0 Å². The van der Waals surface area contributed by atoms with Crippen molar-refractivity contribution in [3.63, 3.8) is 0 Å². The lowest BCUT2D eigenvalue weighted by Crippen LogP contribution is -2.50. The second-order valence-electron chi connectivity index (χ2n) is 4.77. The molecule has 1 fully saturated rings. The van der Waals surface area contributed by atoms with E-state index in [1.165, 1.54) is 5.56 Å². The molecule has 1 aromatic carbocycles. The molecule has 0 aliphatic carbocycles. The van der Waals surface area contributed by atoms with E-state index in [2.05, 4.69) is 32.6 Å². The number of carbonyl (C=O) groups excluding carboxylic acids is 1. The van der Waals surface area contributed by atoms with Crippen LogP contribution in [0.25, 0.3) is 0 Å². The van der Waals surface area contributed by atoms with Gasteiger partial charge in [0.05, 0.1) is 6.61 Å². The van der Waals surface area contributed by atoms with E-state index in [-0.39, 0.29) is 18.1 Å². The van der Waals surface area contributed by atoms with Gasteiger partial charge in [-0.25, -0.2) is 0 Å². The van der Waals surface area contributed by atoms with Crippen LogP contribution in [0.5, 0.6) is 0 Å². The molecule has 19 heavy (non-hydrogen) atoms. The van der Waals surface area contributed by atoms with Gasteiger partial charge in [-0.15, -0.1) is 0 Å². The zero-order valence-corrected chi connectivity index (χ0v) is 12.6. The number of hydrogen-bond acceptors (Lipinski definition) is 3. The fraction of sp³-hybridized carbons (Fsp3) is 0.500. The Bertz CT molecular complexity index is 433. The first-order chi connectivity index (χ1) is 9.16. The molecule has 0 bridgehead atoms. The van der Waals surface area contributed by atoms with Gasteiger partial charge in [0.25, 0.3) is 5.91 Å². The van der Waals surface area contributed by atoms with E-state index < -0.39 is 0 Å². The lowest BCUT2D eigenvalue weighted by molar-refractivity contribution is -0.134. The SMILES string of the molecule is CC(Cc1ccccc1Br)NC(=O)C1CNCCO1. The fourth-order valence-corrected chi connectivity index (χ4v) is 2.56. The van der Waals surface area contributed by atoms with Crippen molar-refractivity contribution in [3.8, 4) is 0 Å². The molecule has 0 aromatic heterocycles. The summed E-state index contributed by atoms with van der Waals surface area (Å²) < 4.78 is 6.51. The molecule has 1 aromatic rings. The minimum absolute atomic E-state index is 0.0354. The summed E-state index contributed by atoms with van der Waals surface area (Å²) in [5.41, 5.74) is 1.19. The summed E-state index contributed by atoms with van der Waals surface area (Å²) in [6.07, 6.45) is 0.434. The molecule has 4 nitrogen and oxygen atoms in total. The van der Waals surface area contributed by atoms with Gasteiger partial charge in [0.15, 0.2) is 0 Å². The number of carbonyl (C=O) groups is 1. The van der Waals surface area contributed by atoms with Crippen molar-refractivity contribution < 1.29 is 9.53 Å². The summed E-state index contributed by atoms with van der Waals surface area (Å²) in [6, 6.07) is 8.14. The predicted molar refractivity (Wildman–Crippen MR) is 78.1 cm³/mol. The second kappa shape index (κ2) is 7.03. The van der Waals surface area contributed by atoms with Crippen LogP contribution >= 0.6 is 15.9 Å². The molecule has 2 rings (SSSR count). The molecule has 2 N–H and O–H groups in total. The summed E-state index contributed by atoms with van der Waals surface area (Å²) in [5.74, 6) is -0.0354. The van der Waals surface area contributed by atoms with Crippen molar-refractivity contribution in [1.29, 1.82) is 0 Å². The Balaban J connectivity index is 1.85. The first-order valence-electron chi connectivity index (χ1n) is 6.53. The molecule has 5 heteroatoms. The third-order valence-electron chi connectivity index (χ3n) is 3.09. The Morgan fingerprint density at radius 2 is 2.37 bits per heavy atom. The number of ether oxygens (including phenoxy) is 1. The predicted octanol–water partition coefficient (Wildman–Crippen LogP) is 1.48. The molecule has 2 atom stereocenters. The van der Waals surface area contributed by atoms with Gasteiger partial charge >= 0.3 is 0 Å². The number of halogens is 1. The number of hydrogen-bond donors (Lipinski definition) is 2. The first-order valence-corrected chi connectivity index (χ1v) is 7.32. The Hall–Kier alpha value is -0.910. The van der Waals surface area contributed by atoms with Crippen molar-refractivity contribution in [2.45, 2.75) is 25.5 Å². The molecular weight excluding hydrogens is 308 g/mol. The van der Waals surface area contributed by atoms with Gasteiger partial charge in [-0.1, -0.05) is 34.1 Å². The van der Waals surface area contributed by atoms with Crippen molar-refractivity contribution in [2.75, 3.05) is 19.7 Å². The van der Waals surface area contributed by atoms with Crippen molar-refractivity contribution in [3.05, 3.63) is 34.3 Å². The maximum absolute atomic E-state index is 12.0. The number of rotatable bonds is 4. The molecule has 1 heterocycles. The van der Waals surface area contributed by atoms with Gasteiger partial charge < -0.3 is 15.4 Å². The zero-order chi connectivity index (χ0) is 13.7. The van der Waals surface area contributed by atoms with E-state index in [1.54, 1.807) is 0 Å². The summed E-state index contributed by atoms with van der Waals surface area (Å²) >= 11 is 3.52. The van der Waals surface area contributed by atoms with Gasteiger partial charge in [-0.05, 0) is 25.0 Å². The average molecular weight is 327 g/mol. The smallest absolute Gasteiger partial charge is 0.250 e. The number of morpholine rings is 1. The first kappa shape index (κ1) is 14.5. The lowest BCUT2D eigenvalue weighted by atomic mass is 10.1. The quantitative estimate of drug-likeness (QED) is 0.881. The van der Waals surface area contributed by atoms with Gasteiger partial charge in [-0.3, -0.25) is 4.79 Å². The van der Waals surface area contributed by atoms with Gasteiger partial charge in [0.2, 0.25) is 0 Å². The fourth-order valence-electron chi connectivity index (χ4n) is 2.11. The average Bonchev–Trinajstić information content (AvgIpc) is 2.42. The normalized spacial score (nSPS) is 20.8. The van der Waals surface area contributed by atoms with E-state index in [1.807, 2.05) is 25.1 Å². The second-order valence-corrected chi connectivity index (χ2v) is 5.62. The molecule has 1 aliphatic heterocycles. The zero-order valence-electron chi connectivity index (χ0n) is 11.0. The molecular formula is C14H19BrN2O2. The van der Waals surface area contributed by atoms with Gasteiger partial charge in [-0.2, -0.15) is 0 Å². The van der Waals surface area contributed by atoms with Crippen LogP contribution in [0.4, 0.5) is 0 Å². The molecule has 1 amide bonds. The number of nitrogens with one attached hydrogen (secondary N) is 2. The number of amides is 1. The minimum Gasteiger partial charge on any atom is -0.366 e. The Kier molecular flexibility index (Phi) is 5.36. The maximum Gasteiger partial charge on any atom is 0.250 e. The topological polar surface area (TPSA) is 50.4 Å². The van der Waals surface area contributed by atoms with Crippen LogP contribution < -0.4 is 10.6 Å². The van der Waals surface area contributed by atoms with E-state index in [4.69, 9.17) is 4.74 Å². The van der Waals surface area contributed by atoms with Crippen LogP contribution in [0, 0.1) is 0 Å². The lowest BCUT2D eigenvalue weighted by Gasteiger charge is -2.24. The largest absolute Gasteiger partial charge is 0.366 e.